The molecule has 0 atom stereocenters. The van der Waals surface area contributed by atoms with Gasteiger partial charge in [-0.05, 0) is 34.1 Å². The van der Waals surface area contributed by atoms with Crippen LogP contribution in [0.3, 0.4) is 0 Å². The maximum absolute atomic E-state index is 12.2. The van der Waals surface area contributed by atoms with E-state index >= 15 is 0 Å². The van der Waals surface area contributed by atoms with Crippen LogP contribution >= 0.6 is 15.9 Å². The fourth-order valence-corrected chi connectivity index (χ4v) is 3.03. The summed E-state index contributed by atoms with van der Waals surface area (Å²) in [4.78, 5) is 3.86. The second-order valence-electron chi connectivity index (χ2n) is 3.56. The minimum absolute atomic E-state index is 0.0315. The number of hydrogen-bond acceptors (Lipinski definition) is 5. The third-order valence-electron chi connectivity index (χ3n) is 2.28. The molecule has 0 bridgehead atoms. The van der Waals surface area contributed by atoms with Crippen LogP contribution < -0.4 is 9.46 Å². The first-order chi connectivity index (χ1) is 9.03. The standard InChI is InChI=1S/C11H11BrN2O4S/c1-17-11-10(5-8(12)6-13-11)19(15,16)14-7-9-3-2-4-18-9/h2-6,14H,7H2,1H3. The first kappa shape index (κ1) is 14.0. The van der Waals surface area contributed by atoms with E-state index < -0.39 is 10.0 Å². The number of aromatic nitrogens is 1. The molecule has 0 fully saturated rings. The summed E-state index contributed by atoms with van der Waals surface area (Å²) < 4.78 is 37.3. The lowest BCUT2D eigenvalue weighted by atomic mass is 10.5. The van der Waals surface area contributed by atoms with Crippen LogP contribution in [-0.4, -0.2) is 20.5 Å². The van der Waals surface area contributed by atoms with E-state index in [2.05, 4.69) is 25.6 Å². The predicted molar refractivity (Wildman–Crippen MR) is 71.2 cm³/mol. The van der Waals surface area contributed by atoms with Gasteiger partial charge >= 0.3 is 0 Å². The normalized spacial score (nSPS) is 11.5. The van der Waals surface area contributed by atoms with Crippen molar-refractivity contribution >= 4 is 26.0 Å². The van der Waals surface area contributed by atoms with Crippen LogP contribution in [0.25, 0.3) is 0 Å². The Morgan fingerprint density at radius 1 is 1.53 bits per heavy atom. The highest BCUT2D eigenvalue weighted by Gasteiger charge is 2.21. The van der Waals surface area contributed by atoms with Crippen LogP contribution in [0.4, 0.5) is 0 Å². The van der Waals surface area contributed by atoms with Crippen molar-refractivity contribution in [3.63, 3.8) is 0 Å². The molecule has 0 aliphatic carbocycles. The van der Waals surface area contributed by atoms with Gasteiger partial charge in [-0.1, -0.05) is 0 Å². The zero-order valence-electron chi connectivity index (χ0n) is 9.96. The molecule has 0 aromatic carbocycles. The molecule has 0 radical (unpaired) electrons. The Morgan fingerprint density at radius 3 is 2.95 bits per heavy atom. The third kappa shape index (κ3) is 3.34. The molecule has 8 heteroatoms. The van der Waals surface area contributed by atoms with Gasteiger partial charge in [0, 0.05) is 10.7 Å². The number of furan rings is 1. The smallest absolute Gasteiger partial charge is 0.246 e. The summed E-state index contributed by atoms with van der Waals surface area (Å²) in [6.45, 7) is 0.0605. The molecule has 2 heterocycles. The van der Waals surface area contributed by atoms with Crippen molar-refractivity contribution in [3.05, 3.63) is 40.9 Å². The number of ether oxygens (including phenoxy) is 1. The van der Waals surface area contributed by atoms with E-state index in [-0.39, 0.29) is 17.3 Å². The average Bonchev–Trinajstić information content (AvgIpc) is 2.89. The number of nitrogens with one attached hydrogen (secondary N) is 1. The predicted octanol–water partition coefficient (Wildman–Crippen LogP) is 1.92. The zero-order valence-corrected chi connectivity index (χ0v) is 12.4. The molecule has 0 amide bonds. The first-order valence-corrected chi connectivity index (χ1v) is 7.52. The number of hydrogen-bond donors (Lipinski definition) is 1. The minimum atomic E-state index is -3.73. The number of methoxy groups -OCH3 is 1. The van der Waals surface area contributed by atoms with E-state index in [1.807, 2.05) is 0 Å². The van der Waals surface area contributed by atoms with Crippen LogP contribution in [0.15, 0.2) is 44.4 Å². The summed E-state index contributed by atoms with van der Waals surface area (Å²) >= 11 is 3.18. The second-order valence-corrected chi connectivity index (χ2v) is 6.22. The van der Waals surface area contributed by atoms with Gasteiger partial charge in [0.05, 0.1) is 19.9 Å². The van der Waals surface area contributed by atoms with E-state index in [4.69, 9.17) is 9.15 Å². The van der Waals surface area contributed by atoms with Crippen molar-refractivity contribution in [3.8, 4) is 5.88 Å². The fraction of sp³-hybridized carbons (Fsp3) is 0.182. The number of nitrogens with zero attached hydrogens (tertiary/aromatic N) is 1. The molecule has 102 valence electrons. The van der Waals surface area contributed by atoms with Gasteiger partial charge in [-0.25, -0.2) is 18.1 Å². The topological polar surface area (TPSA) is 81.4 Å². The van der Waals surface area contributed by atoms with Crippen molar-refractivity contribution in [2.45, 2.75) is 11.4 Å². The Labute approximate surface area is 119 Å². The summed E-state index contributed by atoms with van der Waals surface area (Å²) in [7, 11) is -2.37. The summed E-state index contributed by atoms with van der Waals surface area (Å²) in [6.07, 6.45) is 2.94. The molecule has 1 N–H and O–H groups in total. The minimum Gasteiger partial charge on any atom is -0.480 e. The summed E-state index contributed by atoms with van der Waals surface area (Å²) in [5.74, 6) is 0.556. The van der Waals surface area contributed by atoms with Gasteiger partial charge in [-0.15, -0.1) is 0 Å². The van der Waals surface area contributed by atoms with Gasteiger partial charge in [-0.3, -0.25) is 0 Å². The Morgan fingerprint density at radius 2 is 2.32 bits per heavy atom. The highest BCUT2D eigenvalue weighted by atomic mass is 79.9. The van der Waals surface area contributed by atoms with Crippen molar-refractivity contribution in [1.29, 1.82) is 0 Å². The molecule has 0 saturated heterocycles. The Bertz CT molecular complexity index is 655. The Hall–Kier alpha value is -1.38. The van der Waals surface area contributed by atoms with E-state index in [0.29, 0.717) is 10.2 Å². The molecule has 0 saturated carbocycles. The molecule has 0 spiro atoms. The summed E-state index contributed by atoms with van der Waals surface area (Å²) in [5, 5.41) is 0. The van der Waals surface area contributed by atoms with E-state index in [1.165, 1.54) is 25.6 Å². The van der Waals surface area contributed by atoms with Crippen molar-refractivity contribution in [2.75, 3.05) is 7.11 Å². The third-order valence-corrected chi connectivity index (χ3v) is 4.11. The van der Waals surface area contributed by atoms with Gasteiger partial charge in [0.2, 0.25) is 15.9 Å². The zero-order chi connectivity index (χ0) is 13.9. The van der Waals surface area contributed by atoms with Gasteiger partial charge in [0.15, 0.2) is 0 Å². The van der Waals surface area contributed by atoms with E-state index in [9.17, 15) is 8.42 Å². The second kappa shape index (κ2) is 5.72. The molecule has 19 heavy (non-hydrogen) atoms. The monoisotopic (exact) mass is 346 g/mol. The lowest BCUT2D eigenvalue weighted by Crippen LogP contribution is -2.23. The maximum Gasteiger partial charge on any atom is 0.246 e. The van der Waals surface area contributed by atoms with Gasteiger partial charge < -0.3 is 9.15 Å². The lowest BCUT2D eigenvalue weighted by molar-refractivity contribution is 0.384. The number of halogens is 1. The number of sulfonamides is 1. The molecule has 2 aromatic heterocycles. The molecular weight excluding hydrogens is 336 g/mol. The quantitative estimate of drug-likeness (QED) is 0.894. The van der Waals surface area contributed by atoms with Crippen molar-refractivity contribution < 1.29 is 17.6 Å². The van der Waals surface area contributed by atoms with Gasteiger partial charge in [0.1, 0.15) is 10.7 Å². The highest BCUT2D eigenvalue weighted by molar-refractivity contribution is 9.10. The van der Waals surface area contributed by atoms with Crippen LogP contribution in [0, 0.1) is 0 Å². The van der Waals surface area contributed by atoms with Crippen LogP contribution in [0.1, 0.15) is 5.76 Å². The molecule has 0 aliphatic heterocycles. The van der Waals surface area contributed by atoms with Gasteiger partial charge in [-0.2, -0.15) is 0 Å². The molecule has 0 aliphatic rings. The average molecular weight is 347 g/mol. The summed E-state index contributed by atoms with van der Waals surface area (Å²) in [6, 6.07) is 4.79. The molecule has 2 aromatic rings. The van der Waals surface area contributed by atoms with Crippen molar-refractivity contribution in [2.24, 2.45) is 0 Å². The Kier molecular flexibility index (Phi) is 4.23. The van der Waals surface area contributed by atoms with Crippen LogP contribution in [0.2, 0.25) is 0 Å². The molecule has 0 unspecified atom stereocenters. The summed E-state index contributed by atoms with van der Waals surface area (Å²) in [5.41, 5.74) is 0. The highest BCUT2D eigenvalue weighted by Crippen LogP contribution is 2.24. The lowest BCUT2D eigenvalue weighted by Gasteiger charge is -2.09. The van der Waals surface area contributed by atoms with Gasteiger partial charge in [0.25, 0.3) is 0 Å². The molecule has 6 nitrogen and oxygen atoms in total. The largest absolute Gasteiger partial charge is 0.480 e. The first-order valence-electron chi connectivity index (χ1n) is 5.24. The van der Waals surface area contributed by atoms with Crippen molar-refractivity contribution in [1.82, 2.24) is 9.71 Å². The molecular formula is C11H11BrN2O4S. The number of pyridine rings is 1. The van der Waals surface area contributed by atoms with Crippen LogP contribution in [-0.2, 0) is 16.6 Å². The number of rotatable bonds is 5. The maximum atomic E-state index is 12.2. The molecule has 2 rings (SSSR count). The van der Waals surface area contributed by atoms with E-state index in [1.54, 1.807) is 12.1 Å². The van der Waals surface area contributed by atoms with Crippen LogP contribution in [0.5, 0.6) is 5.88 Å². The fourth-order valence-electron chi connectivity index (χ4n) is 1.41. The van der Waals surface area contributed by atoms with E-state index in [0.717, 1.165) is 0 Å². The SMILES string of the molecule is COc1ncc(Br)cc1S(=O)(=O)NCc1ccco1. The Balaban J connectivity index is 2.26.